The van der Waals surface area contributed by atoms with Crippen LogP contribution in [0.1, 0.15) is 16.9 Å². The van der Waals surface area contributed by atoms with Crippen molar-refractivity contribution < 1.29 is 4.79 Å². The van der Waals surface area contributed by atoms with Gasteiger partial charge in [-0.15, -0.1) is 0 Å². The molecule has 2 aromatic heterocycles. The molecule has 0 aliphatic rings. The molecule has 2 aromatic rings. The van der Waals surface area contributed by atoms with E-state index in [9.17, 15) is 4.79 Å². The molecule has 0 unspecified atom stereocenters. The van der Waals surface area contributed by atoms with E-state index in [0.717, 1.165) is 6.42 Å². The maximum atomic E-state index is 11.9. The Kier molecular flexibility index (Phi) is 4.44. The highest BCUT2D eigenvalue weighted by atomic mass is 35.5. The Morgan fingerprint density at radius 1 is 1.37 bits per heavy atom. The third-order valence-electron chi connectivity index (χ3n) is 2.56. The Bertz CT molecular complexity index is 558. The zero-order valence-corrected chi connectivity index (χ0v) is 11.8. The maximum Gasteiger partial charge on any atom is 0.271 e. The number of nitrogens with zero attached hydrogens (tertiary/aromatic N) is 4. The summed E-state index contributed by atoms with van der Waals surface area (Å²) in [4.78, 5) is 11.9. The van der Waals surface area contributed by atoms with E-state index in [4.69, 9.17) is 23.2 Å². The summed E-state index contributed by atoms with van der Waals surface area (Å²) in [6.07, 6.45) is 5.51. The van der Waals surface area contributed by atoms with Gasteiger partial charge in [0.25, 0.3) is 5.91 Å². The van der Waals surface area contributed by atoms with Gasteiger partial charge in [0.1, 0.15) is 5.69 Å². The highest BCUT2D eigenvalue weighted by Crippen LogP contribution is 2.13. The molecule has 0 spiro atoms. The van der Waals surface area contributed by atoms with Crippen molar-refractivity contribution in [2.24, 2.45) is 7.05 Å². The van der Waals surface area contributed by atoms with Crippen molar-refractivity contribution in [2.75, 3.05) is 6.54 Å². The van der Waals surface area contributed by atoms with Crippen LogP contribution in [0, 0.1) is 0 Å². The SMILES string of the molecule is Cn1ncc(Cl)c1C(=O)NCCCn1cc(Cl)cn1. The number of carbonyl (C=O) groups excluding carboxylic acids is 1. The summed E-state index contributed by atoms with van der Waals surface area (Å²) < 4.78 is 3.18. The monoisotopic (exact) mass is 301 g/mol. The van der Waals surface area contributed by atoms with Crippen LogP contribution in [0.25, 0.3) is 0 Å². The number of hydrogen-bond acceptors (Lipinski definition) is 3. The summed E-state index contributed by atoms with van der Waals surface area (Å²) in [5.41, 5.74) is 0.365. The number of nitrogens with one attached hydrogen (secondary N) is 1. The van der Waals surface area contributed by atoms with Gasteiger partial charge >= 0.3 is 0 Å². The number of aryl methyl sites for hydroxylation is 2. The fourth-order valence-corrected chi connectivity index (χ4v) is 2.06. The molecule has 2 heterocycles. The van der Waals surface area contributed by atoms with Gasteiger partial charge in [0, 0.05) is 26.3 Å². The summed E-state index contributed by atoms with van der Waals surface area (Å²) in [5, 5.41) is 11.7. The second kappa shape index (κ2) is 6.08. The van der Waals surface area contributed by atoms with Gasteiger partial charge in [-0.3, -0.25) is 14.2 Å². The van der Waals surface area contributed by atoms with Gasteiger partial charge in [0.05, 0.1) is 22.4 Å². The lowest BCUT2D eigenvalue weighted by Crippen LogP contribution is -2.27. The lowest BCUT2D eigenvalue weighted by molar-refractivity contribution is 0.0943. The van der Waals surface area contributed by atoms with Gasteiger partial charge in [-0.05, 0) is 6.42 Å². The zero-order valence-electron chi connectivity index (χ0n) is 10.3. The topological polar surface area (TPSA) is 64.7 Å². The molecule has 0 aliphatic carbocycles. The summed E-state index contributed by atoms with van der Waals surface area (Å²) in [6, 6.07) is 0. The van der Waals surface area contributed by atoms with Crippen molar-refractivity contribution in [3.8, 4) is 0 Å². The van der Waals surface area contributed by atoms with Crippen LogP contribution in [0.5, 0.6) is 0 Å². The molecule has 6 nitrogen and oxygen atoms in total. The molecular weight excluding hydrogens is 289 g/mol. The Labute approximate surface area is 120 Å². The molecule has 0 saturated heterocycles. The third-order valence-corrected chi connectivity index (χ3v) is 3.03. The van der Waals surface area contributed by atoms with Gasteiger partial charge in [0.15, 0.2) is 0 Å². The Morgan fingerprint density at radius 3 is 2.74 bits per heavy atom. The van der Waals surface area contributed by atoms with Crippen LogP contribution in [-0.2, 0) is 13.6 Å². The number of carbonyl (C=O) groups is 1. The average Bonchev–Trinajstić information content (AvgIpc) is 2.91. The van der Waals surface area contributed by atoms with E-state index < -0.39 is 0 Å². The van der Waals surface area contributed by atoms with Crippen molar-refractivity contribution in [2.45, 2.75) is 13.0 Å². The van der Waals surface area contributed by atoms with Gasteiger partial charge in [-0.25, -0.2) is 0 Å². The average molecular weight is 302 g/mol. The fraction of sp³-hybridized carbons (Fsp3) is 0.364. The summed E-state index contributed by atoms with van der Waals surface area (Å²) >= 11 is 11.6. The first-order valence-electron chi connectivity index (χ1n) is 5.71. The minimum atomic E-state index is -0.233. The summed E-state index contributed by atoms with van der Waals surface area (Å²) in [5.74, 6) is -0.233. The Balaban J connectivity index is 1.78. The van der Waals surface area contributed by atoms with Crippen LogP contribution < -0.4 is 5.32 Å². The van der Waals surface area contributed by atoms with Crippen molar-refractivity contribution in [1.29, 1.82) is 0 Å². The lowest BCUT2D eigenvalue weighted by Gasteiger charge is -2.06. The van der Waals surface area contributed by atoms with E-state index in [1.807, 2.05) is 0 Å². The molecule has 102 valence electrons. The standard InChI is InChI=1S/C11H13Cl2N5O/c1-17-10(9(13)6-15-17)11(19)14-3-2-4-18-7-8(12)5-16-18/h5-7H,2-4H2,1H3,(H,14,19). The van der Waals surface area contributed by atoms with Gasteiger partial charge < -0.3 is 5.32 Å². The van der Waals surface area contributed by atoms with Crippen molar-refractivity contribution >= 4 is 29.1 Å². The molecular formula is C11H13Cl2N5O. The first-order valence-corrected chi connectivity index (χ1v) is 6.47. The normalized spacial score (nSPS) is 10.7. The van der Waals surface area contributed by atoms with E-state index in [0.29, 0.717) is 28.8 Å². The van der Waals surface area contributed by atoms with E-state index in [1.54, 1.807) is 24.1 Å². The van der Waals surface area contributed by atoms with Gasteiger partial charge in [-0.1, -0.05) is 23.2 Å². The molecule has 0 aliphatic heterocycles. The highest BCUT2D eigenvalue weighted by Gasteiger charge is 2.14. The molecule has 0 saturated carbocycles. The molecule has 0 bridgehead atoms. The van der Waals surface area contributed by atoms with E-state index >= 15 is 0 Å². The van der Waals surface area contributed by atoms with Crippen LogP contribution in [0.4, 0.5) is 0 Å². The number of amides is 1. The van der Waals surface area contributed by atoms with Crippen LogP contribution in [0.15, 0.2) is 18.6 Å². The first kappa shape index (κ1) is 13.9. The van der Waals surface area contributed by atoms with Crippen molar-refractivity contribution in [3.63, 3.8) is 0 Å². The second-order valence-electron chi connectivity index (χ2n) is 4.00. The largest absolute Gasteiger partial charge is 0.351 e. The molecule has 1 N–H and O–H groups in total. The maximum absolute atomic E-state index is 11.9. The predicted molar refractivity (Wildman–Crippen MR) is 72.4 cm³/mol. The van der Waals surface area contributed by atoms with Gasteiger partial charge in [-0.2, -0.15) is 10.2 Å². The molecule has 0 radical (unpaired) electrons. The van der Waals surface area contributed by atoms with Crippen molar-refractivity contribution in [1.82, 2.24) is 24.9 Å². The molecule has 8 heteroatoms. The smallest absolute Gasteiger partial charge is 0.271 e. The van der Waals surface area contributed by atoms with Crippen LogP contribution in [0.3, 0.4) is 0 Å². The van der Waals surface area contributed by atoms with Crippen LogP contribution in [-0.4, -0.2) is 32.0 Å². The summed E-state index contributed by atoms with van der Waals surface area (Å²) in [6.45, 7) is 1.21. The zero-order chi connectivity index (χ0) is 13.8. The number of hydrogen-bond donors (Lipinski definition) is 1. The Hall–Kier alpha value is -1.53. The van der Waals surface area contributed by atoms with Crippen molar-refractivity contribution in [3.05, 3.63) is 34.3 Å². The molecule has 0 aromatic carbocycles. The molecule has 2 rings (SSSR count). The minimum absolute atomic E-state index is 0.233. The number of halogens is 2. The predicted octanol–water partition coefficient (Wildman–Crippen LogP) is 1.74. The van der Waals surface area contributed by atoms with E-state index in [2.05, 4.69) is 15.5 Å². The summed E-state index contributed by atoms with van der Waals surface area (Å²) in [7, 11) is 1.67. The molecule has 1 amide bonds. The van der Waals surface area contributed by atoms with Gasteiger partial charge in [0.2, 0.25) is 0 Å². The van der Waals surface area contributed by atoms with Crippen LogP contribution in [0.2, 0.25) is 10.0 Å². The quantitative estimate of drug-likeness (QED) is 0.856. The van der Waals surface area contributed by atoms with E-state index in [1.165, 1.54) is 10.9 Å². The highest BCUT2D eigenvalue weighted by molar-refractivity contribution is 6.33. The first-order chi connectivity index (χ1) is 9.08. The molecule has 0 fully saturated rings. The molecule has 19 heavy (non-hydrogen) atoms. The second-order valence-corrected chi connectivity index (χ2v) is 4.84. The third kappa shape index (κ3) is 3.48. The minimum Gasteiger partial charge on any atom is -0.351 e. The number of rotatable bonds is 5. The van der Waals surface area contributed by atoms with E-state index in [-0.39, 0.29) is 5.91 Å². The molecule has 0 atom stereocenters. The van der Waals surface area contributed by atoms with Crippen LogP contribution >= 0.6 is 23.2 Å². The Morgan fingerprint density at radius 2 is 2.16 bits per heavy atom. The lowest BCUT2D eigenvalue weighted by atomic mass is 10.3. The fourth-order valence-electron chi connectivity index (χ4n) is 1.65. The number of aromatic nitrogens is 4.